The molecule has 7 atom stereocenters. The van der Waals surface area contributed by atoms with Crippen LogP contribution in [0, 0.1) is 29.6 Å². The van der Waals surface area contributed by atoms with Crippen LogP contribution in [0.25, 0.3) is 0 Å². The molecule has 3 saturated carbocycles. The standard InChI is InChI=1S/C21H34O/c1-2-3-4-5-15-6-7-17-13-18(9-8-16(17)12-15)19-10-11-20-21(14-19)22-20/h2-3,15-21H,4-14H2,1H3/b3-2+. The average Bonchev–Trinajstić information content (AvgIpc) is 3.33. The molecule has 124 valence electrons. The molecule has 0 bridgehead atoms. The van der Waals surface area contributed by atoms with Crippen LogP contribution in [-0.2, 0) is 4.74 Å². The summed E-state index contributed by atoms with van der Waals surface area (Å²) in [5.41, 5.74) is 0. The second kappa shape index (κ2) is 6.67. The predicted molar refractivity (Wildman–Crippen MR) is 91.7 cm³/mol. The van der Waals surface area contributed by atoms with Crippen molar-refractivity contribution >= 4 is 0 Å². The van der Waals surface area contributed by atoms with E-state index in [-0.39, 0.29) is 0 Å². The molecule has 0 spiro atoms. The Balaban J connectivity index is 1.26. The van der Waals surface area contributed by atoms with Gasteiger partial charge in [0.1, 0.15) is 0 Å². The van der Waals surface area contributed by atoms with Gasteiger partial charge in [-0.3, -0.25) is 0 Å². The monoisotopic (exact) mass is 302 g/mol. The molecule has 0 aromatic rings. The van der Waals surface area contributed by atoms with Gasteiger partial charge in [0.2, 0.25) is 0 Å². The molecule has 1 heteroatoms. The molecule has 4 fully saturated rings. The topological polar surface area (TPSA) is 12.5 Å². The highest BCUT2D eigenvalue weighted by Crippen LogP contribution is 2.51. The summed E-state index contributed by atoms with van der Waals surface area (Å²) >= 11 is 0. The van der Waals surface area contributed by atoms with Gasteiger partial charge in [-0.15, -0.1) is 0 Å². The van der Waals surface area contributed by atoms with Crippen LogP contribution < -0.4 is 0 Å². The van der Waals surface area contributed by atoms with Gasteiger partial charge in [0.05, 0.1) is 12.2 Å². The molecule has 0 N–H and O–H groups in total. The van der Waals surface area contributed by atoms with Gasteiger partial charge in [-0.25, -0.2) is 0 Å². The quantitative estimate of drug-likeness (QED) is 0.476. The van der Waals surface area contributed by atoms with E-state index in [0.717, 1.165) is 29.6 Å². The molecule has 22 heavy (non-hydrogen) atoms. The zero-order valence-electron chi connectivity index (χ0n) is 14.4. The minimum atomic E-state index is 0.679. The van der Waals surface area contributed by atoms with E-state index in [1.54, 1.807) is 19.3 Å². The van der Waals surface area contributed by atoms with E-state index in [1.807, 2.05) is 0 Å². The van der Waals surface area contributed by atoms with Crippen LogP contribution in [0.3, 0.4) is 0 Å². The van der Waals surface area contributed by atoms with Crippen molar-refractivity contribution in [1.29, 1.82) is 0 Å². The zero-order valence-corrected chi connectivity index (χ0v) is 14.4. The molecule has 0 aromatic heterocycles. The van der Waals surface area contributed by atoms with Gasteiger partial charge in [0, 0.05) is 0 Å². The Hall–Kier alpha value is -0.300. The normalized spacial score (nSPS) is 48.0. The average molecular weight is 303 g/mol. The summed E-state index contributed by atoms with van der Waals surface area (Å²) in [6, 6.07) is 0. The molecule has 0 amide bonds. The second-order valence-electron chi connectivity index (χ2n) is 8.70. The minimum absolute atomic E-state index is 0.679. The van der Waals surface area contributed by atoms with E-state index in [0.29, 0.717) is 12.2 Å². The van der Waals surface area contributed by atoms with Crippen molar-refractivity contribution in [3.05, 3.63) is 12.2 Å². The molecule has 0 radical (unpaired) electrons. The number of rotatable bonds is 4. The van der Waals surface area contributed by atoms with Crippen molar-refractivity contribution in [3.63, 3.8) is 0 Å². The maximum atomic E-state index is 5.76. The third-order valence-corrected chi connectivity index (χ3v) is 7.45. The van der Waals surface area contributed by atoms with Gasteiger partial charge >= 0.3 is 0 Å². The van der Waals surface area contributed by atoms with Crippen LogP contribution >= 0.6 is 0 Å². The molecular weight excluding hydrogens is 268 g/mol. The van der Waals surface area contributed by atoms with E-state index in [1.165, 1.54) is 51.4 Å². The highest BCUT2D eigenvalue weighted by molar-refractivity contribution is 4.96. The number of hydrogen-bond donors (Lipinski definition) is 0. The molecule has 4 aliphatic rings. The van der Waals surface area contributed by atoms with E-state index in [4.69, 9.17) is 4.74 Å². The fraction of sp³-hybridized carbons (Fsp3) is 0.905. The smallest absolute Gasteiger partial charge is 0.0844 e. The van der Waals surface area contributed by atoms with Crippen molar-refractivity contribution in [2.24, 2.45) is 29.6 Å². The van der Waals surface area contributed by atoms with Crippen LogP contribution in [0.5, 0.6) is 0 Å². The minimum Gasteiger partial charge on any atom is -0.370 e. The molecule has 3 aliphatic carbocycles. The van der Waals surface area contributed by atoms with Gasteiger partial charge in [-0.1, -0.05) is 18.6 Å². The van der Waals surface area contributed by atoms with Gasteiger partial charge in [0.25, 0.3) is 0 Å². The summed E-state index contributed by atoms with van der Waals surface area (Å²) in [4.78, 5) is 0. The molecule has 1 nitrogen and oxygen atoms in total. The zero-order chi connectivity index (χ0) is 14.9. The summed E-state index contributed by atoms with van der Waals surface area (Å²) in [5.74, 6) is 5.25. The molecule has 7 unspecified atom stereocenters. The Kier molecular flexibility index (Phi) is 4.62. The van der Waals surface area contributed by atoms with Crippen LogP contribution in [0.15, 0.2) is 12.2 Å². The summed E-state index contributed by atoms with van der Waals surface area (Å²) in [6.07, 6.45) is 22.2. The van der Waals surface area contributed by atoms with Crippen molar-refractivity contribution in [2.75, 3.05) is 0 Å². The highest BCUT2D eigenvalue weighted by atomic mass is 16.6. The summed E-state index contributed by atoms with van der Waals surface area (Å²) in [5, 5.41) is 0. The SMILES string of the molecule is C/C=C/CCC1CCC2CC(C3CCC4OC4C3)CCC2C1. The first-order valence-electron chi connectivity index (χ1n) is 10.1. The lowest BCUT2D eigenvalue weighted by molar-refractivity contribution is 0.0658. The predicted octanol–water partition coefficient (Wildman–Crippen LogP) is 5.74. The maximum absolute atomic E-state index is 5.76. The van der Waals surface area contributed by atoms with Crippen LogP contribution in [-0.4, -0.2) is 12.2 Å². The number of allylic oxidation sites excluding steroid dienone is 2. The Morgan fingerprint density at radius 2 is 1.45 bits per heavy atom. The van der Waals surface area contributed by atoms with Crippen LogP contribution in [0.1, 0.15) is 77.6 Å². The molecule has 1 saturated heterocycles. The van der Waals surface area contributed by atoms with E-state index >= 15 is 0 Å². The van der Waals surface area contributed by atoms with Crippen LogP contribution in [0.4, 0.5) is 0 Å². The number of hydrogen-bond acceptors (Lipinski definition) is 1. The third-order valence-electron chi connectivity index (χ3n) is 7.45. The van der Waals surface area contributed by atoms with Crippen molar-refractivity contribution in [3.8, 4) is 0 Å². The van der Waals surface area contributed by atoms with Gasteiger partial charge in [-0.05, 0) is 101 Å². The molecule has 1 heterocycles. The first kappa shape index (κ1) is 15.2. The second-order valence-corrected chi connectivity index (χ2v) is 8.70. The van der Waals surface area contributed by atoms with Gasteiger partial charge < -0.3 is 4.74 Å². The van der Waals surface area contributed by atoms with E-state index in [9.17, 15) is 0 Å². The molecular formula is C21H34O. The summed E-state index contributed by atoms with van der Waals surface area (Å²) in [7, 11) is 0. The fourth-order valence-corrected chi connectivity index (χ4v) is 6.07. The third kappa shape index (κ3) is 3.30. The van der Waals surface area contributed by atoms with E-state index in [2.05, 4.69) is 19.1 Å². The number of fused-ring (bicyclic) bond motifs is 2. The summed E-state index contributed by atoms with van der Waals surface area (Å²) in [6.45, 7) is 2.15. The Morgan fingerprint density at radius 1 is 0.773 bits per heavy atom. The lowest BCUT2D eigenvalue weighted by Crippen LogP contribution is -2.34. The Bertz CT molecular complexity index is 401. The molecule has 1 aliphatic heterocycles. The largest absolute Gasteiger partial charge is 0.370 e. The maximum Gasteiger partial charge on any atom is 0.0844 e. The number of ether oxygens (including phenoxy) is 1. The Labute approximate surface area is 136 Å². The van der Waals surface area contributed by atoms with Gasteiger partial charge in [0.15, 0.2) is 0 Å². The summed E-state index contributed by atoms with van der Waals surface area (Å²) < 4.78 is 5.76. The van der Waals surface area contributed by atoms with Crippen molar-refractivity contribution in [1.82, 2.24) is 0 Å². The first-order valence-corrected chi connectivity index (χ1v) is 10.1. The van der Waals surface area contributed by atoms with E-state index < -0.39 is 0 Å². The van der Waals surface area contributed by atoms with Gasteiger partial charge in [-0.2, -0.15) is 0 Å². The van der Waals surface area contributed by atoms with Crippen LogP contribution in [0.2, 0.25) is 0 Å². The molecule has 4 rings (SSSR count). The fourth-order valence-electron chi connectivity index (χ4n) is 6.07. The van der Waals surface area contributed by atoms with Crippen molar-refractivity contribution < 1.29 is 4.74 Å². The Morgan fingerprint density at radius 3 is 2.23 bits per heavy atom. The molecule has 0 aromatic carbocycles. The van der Waals surface area contributed by atoms with Crippen molar-refractivity contribution in [2.45, 2.75) is 89.8 Å². The lowest BCUT2D eigenvalue weighted by Gasteiger charge is -2.44. The number of epoxide rings is 1. The highest BCUT2D eigenvalue weighted by Gasteiger charge is 2.47. The first-order chi connectivity index (χ1) is 10.8. The lowest BCUT2D eigenvalue weighted by atomic mass is 9.61.